The molecule has 0 aliphatic heterocycles. The summed E-state index contributed by atoms with van der Waals surface area (Å²) in [5.74, 6) is 0. The molecule has 0 aromatic carbocycles. The van der Waals surface area contributed by atoms with Crippen LogP contribution in [0.2, 0.25) is 18.1 Å². The number of amides is 1. The molecule has 158 valence electrons. The van der Waals surface area contributed by atoms with Gasteiger partial charge in [-0.05, 0) is 38.9 Å². The first kappa shape index (κ1) is 24.0. The van der Waals surface area contributed by atoms with Crippen molar-refractivity contribution in [1.29, 1.82) is 0 Å². The van der Waals surface area contributed by atoms with E-state index in [1.54, 1.807) is 27.8 Å². The topological polar surface area (TPSA) is 94.8 Å². The quantitative estimate of drug-likeness (QED) is 0.374. The van der Waals surface area contributed by atoms with Crippen LogP contribution in [-0.4, -0.2) is 48.5 Å². The van der Waals surface area contributed by atoms with Crippen LogP contribution in [0.4, 0.5) is 10.5 Å². The summed E-state index contributed by atoms with van der Waals surface area (Å²) >= 11 is 0. The molecule has 0 radical (unpaired) electrons. The molecule has 0 aliphatic rings. The third-order valence-corrected chi connectivity index (χ3v) is 9.37. The van der Waals surface area contributed by atoms with Gasteiger partial charge in [-0.3, -0.25) is 15.1 Å². The summed E-state index contributed by atoms with van der Waals surface area (Å²) in [6, 6.07) is 2.09. The summed E-state index contributed by atoms with van der Waals surface area (Å²) in [5.41, 5.74) is -0.354. The summed E-state index contributed by atoms with van der Waals surface area (Å²) in [6.07, 6.45) is 0.833. The lowest BCUT2D eigenvalue weighted by molar-refractivity contribution is -0.385. The van der Waals surface area contributed by atoms with Crippen LogP contribution < -0.4 is 0 Å². The number of aromatic nitrogens is 1. The molecule has 0 spiro atoms. The summed E-state index contributed by atoms with van der Waals surface area (Å²) in [5, 5.41) is 11.1. The number of nitrogens with zero attached hydrogens (tertiary/aromatic N) is 3. The van der Waals surface area contributed by atoms with E-state index in [0.717, 1.165) is 0 Å². The van der Waals surface area contributed by atoms with E-state index in [2.05, 4.69) is 38.8 Å². The first-order chi connectivity index (χ1) is 12.5. The van der Waals surface area contributed by atoms with Crippen LogP contribution in [0.25, 0.3) is 0 Å². The molecular formula is C19H33N3O5Si. The summed E-state index contributed by atoms with van der Waals surface area (Å²) in [7, 11) is -0.512. The van der Waals surface area contributed by atoms with Gasteiger partial charge in [0, 0.05) is 25.4 Å². The molecule has 0 aliphatic carbocycles. The molecule has 1 aromatic rings. The summed E-state index contributed by atoms with van der Waals surface area (Å²) in [4.78, 5) is 29.0. The van der Waals surface area contributed by atoms with Crippen molar-refractivity contribution in [3.63, 3.8) is 0 Å². The van der Waals surface area contributed by atoms with Crippen molar-refractivity contribution in [2.75, 3.05) is 13.7 Å². The van der Waals surface area contributed by atoms with Crippen LogP contribution in [0, 0.1) is 10.1 Å². The zero-order chi connectivity index (χ0) is 21.9. The Morgan fingerprint density at radius 3 is 2.32 bits per heavy atom. The number of likely N-dealkylation sites (N-methyl/N-ethyl adjacent to an activating group) is 1. The second-order valence-corrected chi connectivity index (χ2v) is 14.2. The number of rotatable bonds is 6. The molecule has 0 saturated heterocycles. The fourth-order valence-electron chi connectivity index (χ4n) is 2.09. The largest absolute Gasteiger partial charge is 0.444 e. The Kier molecular flexibility index (Phi) is 7.35. The van der Waals surface area contributed by atoms with Gasteiger partial charge >= 0.3 is 6.09 Å². The fourth-order valence-corrected chi connectivity index (χ4v) is 3.10. The number of pyridine rings is 1. The van der Waals surface area contributed by atoms with Crippen molar-refractivity contribution in [3.8, 4) is 0 Å². The molecule has 0 fully saturated rings. The second kappa shape index (κ2) is 8.56. The van der Waals surface area contributed by atoms with Gasteiger partial charge in [0.25, 0.3) is 5.69 Å². The minimum absolute atomic E-state index is 0.0157. The molecular weight excluding hydrogens is 378 g/mol. The lowest BCUT2D eigenvalue weighted by Gasteiger charge is -2.38. The molecule has 1 aromatic heterocycles. The summed E-state index contributed by atoms with van der Waals surface area (Å²) < 4.78 is 11.8. The second-order valence-electron chi connectivity index (χ2n) is 9.37. The minimum atomic E-state index is -2.10. The zero-order valence-electron chi connectivity index (χ0n) is 18.4. The van der Waals surface area contributed by atoms with E-state index in [0.29, 0.717) is 5.69 Å². The van der Waals surface area contributed by atoms with Crippen LogP contribution in [0.5, 0.6) is 0 Å². The molecule has 1 amide bonds. The van der Waals surface area contributed by atoms with Gasteiger partial charge in [0.15, 0.2) is 8.32 Å². The highest BCUT2D eigenvalue weighted by Crippen LogP contribution is 2.37. The van der Waals surface area contributed by atoms with E-state index in [1.807, 2.05) is 0 Å². The highest BCUT2D eigenvalue weighted by Gasteiger charge is 2.39. The van der Waals surface area contributed by atoms with Crippen molar-refractivity contribution < 1.29 is 18.9 Å². The van der Waals surface area contributed by atoms with E-state index in [9.17, 15) is 14.9 Å². The Morgan fingerprint density at radius 2 is 1.86 bits per heavy atom. The number of carbonyl (C=O) groups excluding carboxylic acids is 1. The van der Waals surface area contributed by atoms with Crippen molar-refractivity contribution in [3.05, 3.63) is 34.1 Å². The fraction of sp³-hybridized carbons (Fsp3) is 0.684. The van der Waals surface area contributed by atoms with Crippen molar-refractivity contribution in [2.45, 2.75) is 71.3 Å². The maximum Gasteiger partial charge on any atom is 0.410 e. The molecule has 9 heteroatoms. The van der Waals surface area contributed by atoms with Crippen LogP contribution in [-0.2, 0) is 9.16 Å². The molecule has 1 heterocycles. The number of hydrogen-bond donors (Lipinski definition) is 0. The van der Waals surface area contributed by atoms with Gasteiger partial charge in [-0.25, -0.2) is 4.79 Å². The number of ether oxygens (including phenoxy) is 1. The van der Waals surface area contributed by atoms with Crippen LogP contribution in [0.3, 0.4) is 0 Å². The molecule has 0 saturated carbocycles. The van der Waals surface area contributed by atoms with Gasteiger partial charge in [0.05, 0.1) is 23.3 Å². The standard InChI is InChI=1S/C19H33N3O5Si/c1-18(2,3)27-17(23)21(7)16(13-26-28(8,9)19(4,5)6)15-12-14(22(24)25)10-11-20-15/h10-12,16H,13H2,1-9H3/t16-/m0/s1. The Balaban J connectivity index is 3.22. The van der Waals surface area contributed by atoms with Gasteiger partial charge in [-0.2, -0.15) is 0 Å². The van der Waals surface area contributed by atoms with Crippen LogP contribution in [0.15, 0.2) is 18.3 Å². The molecule has 0 bridgehead atoms. The van der Waals surface area contributed by atoms with E-state index in [4.69, 9.17) is 9.16 Å². The number of carbonyl (C=O) groups is 1. The SMILES string of the molecule is CN(C(=O)OC(C)(C)C)[C@@H](CO[Si](C)(C)C(C)(C)C)c1cc([N+](=O)[O-])ccn1. The highest BCUT2D eigenvalue weighted by atomic mass is 28.4. The maximum absolute atomic E-state index is 12.6. The maximum atomic E-state index is 12.6. The van der Waals surface area contributed by atoms with Crippen LogP contribution >= 0.6 is 0 Å². The van der Waals surface area contributed by atoms with Gasteiger partial charge in [0.2, 0.25) is 0 Å². The Morgan fingerprint density at radius 1 is 1.29 bits per heavy atom. The molecule has 0 unspecified atom stereocenters. The smallest absolute Gasteiger partial charge is 0.410 e. The Bertz CT molecular complexity index is 710. The van der Waals surface area contributed by atoms with Gasteiger partial charge < -0.3 is 14.1 Å². The first-order valence-electron chi connectivity index (χ1n) is 9.25. The van der Waals surface area contributed by atoms with Crippen molar-refractivity contribution in [1.82, 2.24) is 9.88 Å². The lowest BCUT2D eigenvalue weighted by atomic mass is 10.1. The highest BCUT2D eigenvalue weighted by molar-refractivity contribution is 6.74. The first-order valence-corrected chi connectivity index (χ1v) is 12.2. The Labute approximate surface area is 168 Å². The predicted octanol–water partition coefficient (Wildman–Crippen LogP) is 4.92. The average Bonchev–Trinajstić information content (AvgIpc) is 2.52. The van der Waals surface area contributed by atoms with Gasteiger partial charge in [0.1, 0.15) is 5.60 Å². The van der Waals surface area contributed by atoms with Crippen molar-refractivity contribution in [2.24, 2.45) is 0 Å². The van der Waals surface area contributed by atoms with E-state index < -0.39 is 31.0 Å². The third-order valence-electron chi connectivity index (χ3n) is 4.87. The average molecular weight is 412 g/mol. The van der Waals surface area contributed by atoms with Crippen molar-refractivity contribution >= 4 is 20.1 Å². The molecule has 8 nitrogen and oxygen atoms in total. The van der Waals surface area contributed by atoms with E-state index in [-0.39, 0.29) is 17.3 Å². The predicted molar refractivity (Wildman–Crippen MR) is 111 cm³/mol. The van der Waals surface area contributed by atoms with Gasteiger partial charge in [-0.15, -0.1) is 0 Å². The number of hydrogen-bond acceptors (Lipinski definition) is 6. The minimum Gasteiger partial charge on any atom is -0.444 e. The lowest BCUT2D eigenvalue weighted by Crippen LogP contribution is -2.45. The van der Waals surface area contributed by atoms with Gasteiger partial charge in [-0.1, -0.05) is 20.8 Å². The van der Waals surface area contributed by atoms with E-state index in [1.165, 1.54) is 23.2 Å². The normalized spacial score (nSPS) is 13.8. The molecule has 1 rings (SSSR count). The molecule has 28 heavy (non-hydrogen) atoms. The summed E-state index contributed by atoms with van der Waals surface area (Å²) in [6.45, 7) is 16.1. The van der Waals surface area contributed by atoms with Crippen LogP contribution in [0.1, 0.15) is 53.3 Å². The zero-order valence-corrected chi connectivity index (χ0v) is 19.4. The Hall–Kier alpha value is -2.00. The number of nitro groups is 1. The third kappa shape index (κ3) is 6.56. The monoisotopic (exact) mass is 411 g/mol. The van der Waals surface area contributed by atoms with E-state index >= 15 is 0 Å². The molecule has 0 N–H and O–H groups in total. The molecule has 1 atom stereocenters.